The van der Waals surface area contributed by atoms with Crippen LogP contribution in [0.5, 0.6) is 0 Å². The number of halogens is 1. The molecule has 1 saturated heterocycles. The van der Waals surface area contributed by atoms with Crippen LogP contribution in [-0.4, -0.2) is 29.1 Å². The highest BCUT2D eigenvalue weighted by atomic mass is 35.5. The molecule has 1 aliphatic rings. The van der Waals surface area contributed by atoms with Gasteiger partial charge in [0, 0.05) is 24.7 Å². The van der Waals surface area contributed by atoms with E-state index >= 15 is 0 Å². The van der Waals surface area contributed by atoms with Gasteiger partial charge < -0.3 is 10.0 Å². The molecule has 84 valence electrons. The van der Waals surface area contributed by atoms with E-state index in [0.29, 0.717) is 0 Å². The van der Waals surface area contributed by atoms with Gasteiger partial charge in [-0.2, -0.15) is 0 Å². The van der Waals surface area contributed by atoms with Crippen LogP contribution >= 0.6 is 23.7 Å². The third kappa shape index (κ3) is 2.82. The summed E-state index contributed by atoms with van der Waals surface area (Å²) in [5.41, 5.74) is 0. The van der Waals surface area contributed by atoms with Crippen LogP contribution in [0.25, 0.3) is 0 Å². The maximum Gasteiger partial charge on any atom is 0.306 e. The number of hydrogen-bond acceptors (Lipinski definition) is 4. The van der Waals surface area contributed by atoms with E-state index in [4.69, 9.17) is 5.11 Å². The number of carboxylic acids is 1. The lowest BCUT2D eigenvalue weighted by molar-refractivity contribution is -0.142. The van der Waals surface area contributed by atoms with Gasteiger partial charge in [0.1, 0.15) is 0 Å². The van der Waals surface area contributed by atoms with Crippen LogP contribution < -0.4 is 4.90 Å². The van der Waals surface area contributed by atoms with Gasteiger partial charge in [0.2, 0.25) is 0 Å². The van der Waals surface area contributed by atoms with Crippen molar-refractivity contribution in [3.05, 3.63) is 11.6 Å². The lowest BCUT2D eigenvalue weighted by Gasteiger charge is -2.29. The average Bonchev–Trinajstić information content (AvgIpc) is 2.71. The van der Waals surface area contributed by atoms with E-state index in [0.717, 1.165) is 31.1 Å². The minimum absolute atomic E-state index is 0. The maximum absolute atomic E-state index is 10.7. The number of rotatable bonds is 2. The molecule has 1 aromatic heterocycles. The summed E-state index contributed by atoms with van der Waals surface area (Å²) in [5, 5.41) is 11.8. The summed E-state index contributed by atoms with van der Waals surface area (Å²) in [4.78, 5) is 17.1. The Morgan fingerprint density at radius 3 is 2.67 bits per heavy atom. The van der Waals surface area contributed by atoms with Crippen molar-refractivity contribution in [2.75, 3.05) is 18.0 Å². The van der Waals surface area contributed by atoms with E-state index in [1.165, 1.54) is 0 Å². The van der Waals surface area contributed by atoms with Gasteiger partial charge in [-0.15, -0.1) is 23.7 Å². The summed E-state index contributed by atoms with van der Waals surface area (Å²) in [5.74, 6) is -0.824. The van der Waals surface area contributed by atoms with Gasteiger partial charge in [0.15, 0.2) is 5.13 Å². The van der Waals surface area contributed by atoms with Crippen LogP contribution in [0.2, 0.25) is 0 Å². The smallest absolute Gasteiger partial charge is 0.306 e. The summed E-state index contributed by atoms with van der Waals surface area (Å²) in [6.45, 7) is 1.62. The van der Waals surface area contributed by atoms with E-state index in [1.807, 2.05) is 5.38 Å². The molecule has 1 aliphatic heterocycles. The molecule has 0 spiro atoms. The third-order valence-corrected chi connectivity index (χ3v) is 3.37. The largest absolute Gasteiger partial charge is 0.481 e. The van der Waals surface area contributed by atoms with Gasteiger partial charge in [-0.1, -0.05) is 0 Å². The van der Waals surface area contributed by atoms with E-state index in [1.54, 1.807) is 17.5 Å². The third-order valence-electron chi connectivity index (χ3n) is 2.53. The molecule has 1 aromatic rings. The Hall–Kier alpha value is -0.810. The first-order valence-electron chi connectivity index (χ1n) is 4.64. The van der Waals surface area contributed by atoms with Crippen molar-refractivity contribution in [2.24, 2.45) is 5.92 Å². The minimum Gasteiger partial charge on any atom is -0.481 e. The maximum atomic E-state index is 10.7. The molecular weight excluding hydrogens is 236 g/mol. The number of nitrogens with zero attached hydrogens (tertiary/aromatic N) is 2. The minimum atomic E-state index is -0.663. The van der Waals surface area contributed by atoms with Crippen molar-refractivity contribution in [1.29, 1.82) is 0 Å². The molecule has 6 heteroatoms. The van der Waals surface area contributed by atoms with Gasteiger partial charge >= 0.3 is 5.97 Å². The van der Waals surface area contributed by atoms with Crippen LogP contribution in [0, 0.1) is 5.92 Å². The molecule has 0 atom stereocenters. The zero-order valence-corrected chi connectivity index (χ0v) is 9.76. The molecule has 2 rings (SSSR count). The molecule has 0 amide bonds. The summed E-state index contributed by atoms with van der Waals surface area (Å²) in [6.07, 6.45) is 3.24. The van der Waals surface area contributed by atoms with Crippen molar-refractivity contribution in [2.45, 2.75) is 12.8 Å². The molecule has 2 heterocycles. The number of hydrogen-bond donors (Lipinski definition) is 1. The second kappa shape index (κ2) is 5.32. The van der Waals surface area contributed by atoms with Crippen molar-refractivity contribution in [3.63, 3.8) is 0 Å². The highest BCUT2D eigenvalue weighted by molar-refractivity contribution is 7.13. The first-order chi connectivity index (χ1) is 6.77. The van der Waals surface area contributed by atoms with E-state index < -0.39 is 5.97 Å². The topological polar surface area (TPSA) is 53.4 Å². The predicted octanol–water partition coefficient (Wildman–Crippen LogP) is 1.87. The van der Waals surface area contributed by atoms with Crippen LogP contribution in [0.4, 0.5) is 5.13 Å². The molecular formula is C9H13ClN2O2S. The Morgan fingerprint density at radius 2 is 2.20 bits per heavy atom. The van der Waals surface area contributed by atoms with Crippen molar-refractivity contribution >= 4 is 34.8 Å². The SMILES string of the molecule is Cl.O=C(O)C1CCN(c2nccs2)CC1. The Morgan fingerprint density at radius 1 is 1.53 bits per heavy atom. The summed E-state index contributed by atoms with van der Waals surface area (Å²) < 4.78 is 0. The molecule has 0 bridgehead atoms. The highest BCUT2D eigenvalue weighted by Crippen LogP contribution is 2.24. The number of aromatic nitrogens is 1. The quantitative estimate of drug-likeness (QED) is 0.868. The molecule has 4 nitrogen and oxygen atoms in total. The molecule has 0 aliphatic carbocycles. The number of carbonyl (C=O) groups is 1. The Bertz CT molecular complexity index is 310. The number of anilines is 1. The Labute approximate surface area is 98.3 Å². The number of aliphatic carboxylic acids is 1. The second-order valence-corrected chi connectivity index (χ2v) is 4.29. The van der Waals surface area contributed by atoms with Crippen LogP contribution in [0.3, 0.4) is 0 Å². The highest BCUT2D eigenvalue weighted by Gasteiger charge is 2.25. The summed E-state index contributed by atoms with van der Waals surface area (Å²) in [7, 11) is 0. The van der Waals surface area contributed by atoms with E-state index in [9.17, 15) is 4.79 Å². The zero-order valence-electron chi connectivity index (χ0n) is 8.13. The summed E-state index contributed by atoms with van der Waals surface area (Å²) >= 11 is 1.61. The monoisotopic (exact) mass is 248 g/mol. The van der Waals surface area contributed by atoms with Gasteiger partial charge in [0.05, 0.1) is 5.92 Å². The predicted molar refractivity (Wildman–Crippen MR) is 61.9 cm³/mol. The molecule has 0 saturated carbocycles. The lowest BCUT2D eigenvalue weighted by atomic mass is 9.98. The molecule has 0 radical (unpaired) electrons. The van der Waals surface area contributed by atoms with Crippen molar-refractivity contribution in [3.8, 4) is 0 Å². The number of carboxylic acid groups (broad SMARTS) is 1. The standard InChI is InChI=1S/C9H12N2O2S.ClH/c12-8(13)7-1-4-11(5-2-7)9-10-3-6-14-9;/h3,6-7H,1-2,4-5H2,(H,12,13);1H. The Kier molecular flexibility index (Phi) is 4.35. The first kappa shape index (κ1) is 12.3. The second-order valence-electron chi connectivity index (χ2n) is 3.41. The first-order valence-corrected chi connectivity index (χ1v) is 5.52. The zero-order chi connectivity index (χ0) is 9.97. The van der Waals surface area contributed by atoms with Crippen molar-refractivity contribution < 1.29 is 9.90 Å². The molecule has 1 N–H and O–H groups in total. The van der Waals surface area contributed by atoms with E-state index in [2.05, 4.69) is 9.88 Å². The fourth-order valence-electron chi connectivity index (χ4n) is 1.69. The lowest BCUT2D eigenvalue weighted by Crippen LogP contribution is -2.36. The number of thiazole rings is 1. The van der Waals surface area contributed by atoms with Crippen LogP contribution in [-0.2, 0) is 4.79 Å². The van der Waals surface area contributed by atoms with Crippen LogP contribution in [0.1, 0.15) is 12.8 Å². The van der Waals surface area contributed by atoms with Gasteiger partial charge in [-0.3, -0.25) is 4.79 Å². The average molecular weight is 249 g/mol. The Balaban J connectivity index is 0.00000112. The van der Waals surface area contributed by atoms with Gasteiger partial charge in [-0.25, -0.2) is 4.98 Å². The fraction of sp³-hybridized carbons (Fsp3) is 0.556. The van der Waals surface area contributed by atoms with Crippen LogP contribution in [0.15, 0.2) is 11.6 Å². The molecule has 15 heavy (non-hydrogen) atoms. The normalized spacial score (nSPS) is 17.2. The van der Waals surface area contributed by atoms with Gasteiger partial charge in [0.25, 0.3) is 0 Å². The fourth-order valence-corrected chi connectivity index (χ4v) is 2.39. The van der Waals surface area contributed by atoms with E-state index in [-0.39, 0.29) is 18.3 Å². The van der Waals surface area contributed by atoms with Crippen molar-refractivity contribution in [1.82, 2.24) is 4.98 Å². The molecule has 0 unspecified atom stereocenters. The molecule has 1 fully saturated rings. The number of piperidine rings is 1. The molecule has 0 aromatic carbocycles. The summed E-state index contributed by atoms with van der Waals surface area (Å²) in [6, 6.07) is 0. The van der Waals surface area contributed by atoms with Gasteiger partial charge in [-0.05, 0) is 12.8 Å².